The molecule has 0 heterocycles. The van der Waals surface area contributed by atoms with Gasteiger partial charge >= 0.3 is 5.97 Å². The number of rotatable bonds is 1. The molecular formula is C9H14O2. The standard InChI is InChI=1S/C9H14O2/c10-8(11)7-6-9(7)4-2-1-3-5-9/h7H,1-6H2,(H,10,11)/t7-/m1/s1. The van der Waals surface area contributed by atoms with E-state index >= 15 is 0 Å². The van der Waals surface area contributed by atoms with Crippen molar-refractivity contribution in [1.29, 1.82) is 0 Å². The van der Waals surface area contributed by atoms with E-state index < -0.39 is 5.97 Å². The molecule has 0 amide bonds. The van der Waals surface area contributed by atoms with E-state index in [9.17, 15) is 4.79 Å². The van der Waals surface area contributed by atoms with Crippen LogP contribution in [0, 0.1) is 11.3 Å². The monoisotopic (exact) mass is 154 g/mol. The van der Waals surface area contributed by atoms with Crippen LogP contribution in [0.2, 0.25) is 0 Å². The summed E-state index contributed by atoms with van der Waals surface area (Å²) in [5.41, 5.74) is 0.268. The molecule has 0 aromatic carbocycles. The maximum atomic E-state index is 10.6. The fourth-order valence-corrected chi connectivity index (χ4v) is 2.51. The average Bonchev–Trinajstić information content (AvgIpc) is 2.66. The van der Waals surface area contributed by atoms with Crippen molar-refractivity contribution in [2.75, 3.05) is 0 Å². The van der Waals surface area contributed by atoms with Gasteiger partial charge in [0.25, 0.3) is 0 Å². The number of aliphatic carboxylic acids is 1. The van der Waals surface area contributed by atoms with Crippen LogP contribution >= 0.6 is 0 Å². The van der Waals surface area contributed by atoms with Gasteiger partial charge in [0, 0.05) is 0 Å². The van der Waals surface area contributed by atoms with Gasteiger partial charge in [-0.3, -0.25) is 4.79 Å². The molecule has 2 heteroatoms. The van der Waals surface area contributed by atoms with Crippen molar-refractivity contribution in [1.82, 2.24) is 0 Å². The van der Waals surface area contributed by atoms with Crippen molar-refractivity contribution in [3.63, 3.8) is 0 Å². The molecule has 1 N–H and O–H groups in total. The maximum absolute atomic E-state index is 10.6. The lowest BCUT2D eigenvalue weighted by molar-refractivity contribution is -0.139. The SMILES string of the molecule is O=C(O)[C@H]1CC12CCCCC2. The summed E-state index contributed by atoms with van der Waals surface area (Å²) in [5, 5.41) is 8.77. The third kappa shape index (κ3) is 1.05. The molecule has 2 fully saturated rings. The Kier molecular flexibility index (Phi) is 1.44. The Morgan fingerprint density at radius 3 is 2.36 bits per heavy atom. The third-order valence-electron chi connectivity index (χ3n) is 3.34. The number of carboxylic acids is 1. The summed E-state index contributed by atoms with van der Waals surface area (Å²) >= 11 is 0. The highest BCUT2D eigenvalue weighted by Gasteiger charge is 2.57. The molecule has 11 heavy (non-hydrogen) atoms. The Labute approximate surface area is 66.6 Å². The van der Waals surface area contributed by atoms with Gasteiger partial charge in [-0.05, 0) is 24.7 Å². The highest BCUT2D eigenvalue weighted by Crippen LogP contribution is 2.61. The average molecular weight is 154 g/mol. The topological polar surface area (TPSA) is 37.3 Å². The van der Waals surface area contributed by atoms with E-state index in [0.717, 1.165) is 6.42 Å². The van der Waals surface area contributed by atoms with Crippen molar-refractivity contribution >= 4 is 5.97 Å². The molecule has 2 aliphatic carbocycles. The van der Waals surface area contributed by atoms with Crippen LogP contribution in [0.4, 0.5) is 0 Å². The fourth-order valence-electron chi connectivity index (χ4n) is 2.51. The summed E-state index contributed by atoms with van der Waals surface area (Å²) in [6.07, 6.45) is 7.12. The number of carbonyl (C=O) groups is 1. The van der Waals surface area contributed by atoms with Crippen LogP contribution in [-0.2, 0) is 4.79 Å². The quantitative estimate of drug-likeness (QED) is 0.627. The van der Waals surface area contributed by atoms with Gasteiger partial charge in [0.2, 0.25) is 0 Å². The molecule has 0 bridgehead atoms. The largest absolute Gasteiger partial charge is 0.481 e. The van der Waals surface area contributed by atoms with Gasteiger partial charge in [-0.2, -0.15) is 0 Å². The molecule has 2 rings (SSSR count). The lowest BCUT2D eigenvalue weighted by atomic mass is 9.84. The summed E-state index contributed by atoms with van der Waals surface area (Å²) in [7, 11) is 0. The lowest BCUT2D eigenvalue weighted by Crippen LogP contribution is -2.13. The zero-order chi connectivity index (χ0) is 7.90. The van der Waals surface area contributed by atoms with Gasteiger partial charge in [0.1, 0.15) is 0 Å². The Balaban J connectivity index is 1.99. The van der Waals surface area contributed by atoms with Crippen LogP contribution in [0.1, 0.15) is 38.5 Å². The number of carboxylic acid groups (broad SMARTS) is 1. The van der Waals surface area contributed by atoms with E-state index in [-0.39, 0.29) is 11.3 Å². The second-order valence-electron chi connectivity index (χ2n) is 4.02. The molecule has 2 aliphatic rings. The molecule has 0 aliphatic heterocycles. The number of hydrogen-bond donors (Lipinski definition) is 1. The van der Waals surface area contributed by atoms with E-state index in [2.05, 4.69) is 0 Å². The molecule has 1 spiro atoms. The molecule has 2 nitrogen and oxygen atoms in total. The van der Waals surface area contributed by atoms with Crippen molar-refractivity contribution in [3.05, 3.63) is 0 Å². The summed E-state index contributed by atoms with van der Waals surface area (Å²) in [6.45, 7) is 0. The molecule has 0 saturated heterocycles. The Hall–Kier alpha value is -0.530. The summed E-state index contributed by atoms with van der Waals surface area (Å²) < 4.78 is 0. The fraction of sp³-hybridized carbons (Fsp3) is 0.889. The van der Waals surface area contributed by atoms with Gasteiger partial charge in [-0.15, -0.1) is 0 Å². The summed E-state index contributed by atoms with van der Waals surface area (Å²) in [5.74, 6) is -0.547. The zero-order valence-electron chi connectivity index (χ0n) is 6.68. The minimum absolute atomic E-state index is 0.0165. The molecule has 1 atom stereocenters. The first-order valence-corrected chi connectivity index (χ1v) is 4.47. The van der Waals surface area contributed by atoms with Crippen LogP contribution in [0.15, 0.2) is 0 Å². The van der Waals surface area contributed by atoms with Crippen LogP contribution in [-0.4, -0.2) is 11.1 Å². The normalized spacial score (nSPS) is 33.6. The first-order chi connectivity index (χ1) is 5.25. The van der Waals surface area contributed by atoms with Gasteiger partial charge in [-0.25, -0.2) is 0 Å². The first-order valence-electron chi connectivity index (χ1n) is 4.47. The second-order valence-corrected chi connectivity index (χ2v) is 4.02. The Morgan fingerprint density at radius 2 is 1.91 bits per heavy atom. The van der Waals surface area contributed by atoms with E-state index in [1.54, 1.807) is 0 Å². The van der Waals surface area contributed by atoms with Crippen LogP contribution < -0.4 is 0 Å². The molecule has 0 aromatic rings. The highest BCUT2D eigenvalue weighted by molar-refractivity contribution is 5.74. The predicted octanol–water partition coefficient (Wildman–Crippen LogP) is 2.04. The van der Waals surface area contributed by atoms with Crippen LogP contribution in [0.3, 0.4) is 0 Å². The Morgan fingerprint density at radius 1 is 1.27 bits per heavy atom. The third-order valence-corrected chi connectivity index (χ3v) is 3.34. The van der Waals surface area contributed by atoms with Crippen molar-refractivity contribution in [2.24, 2.45) is 11.3 Å². The minimum Gasteiger partial charge on any atom is -0.481 e. The molecule has 62 valence electrons. The first kappa shape index (κ1) is 7.14. The molecular weight excluding hydrogens is 140 g/mol. The predicted molar refractivity (Wildman–Crippen MR) is 41.3 cm³/mol. The van der Waals surface area contributed by atoms with Crippen molar-refractivity contribution in [2.45, 2.75) is 38.5 Å². The maximum Gasteiger partial charge on any atom is 0.307 e. The van der Waals surface area contributed by atoms with Gasteiger partial charge in [-0.1, -0.05) is 19.3 Å². The second kappa shape index (κ2) is 2.23. The van der Waals surface area contributed by atoms with E-state index in [1.165, 1.54) is 32.1 Å². The van der Waals surface area contributed by atoms with Crippen LogP contribution in [0.25, 0.3) is 0 Å². The van der Waals surface area contributed by atoms with Gasteiger partial charge in [0.15, 0.2) is 0 Å². The smallest absolute Gasteiger partial charge is 0.307 e. The minimum atomic E-state index is -0.563. The lowest BCUT2D eigenvalue weighted by Gasteiger charge is -2.20. The van der Waals surface area contributed by atoms with E-state index in [4.69, 9.17) is 5.11 Å². The van der Waals surface area contributed by atoms with E-state index in [1.807, 2.05) is 0 Å². The van der Waals surface area contributed by atoms with Gasteiger partial charge in [0.05, 0.1) is 5.92 Å². The molecule has 0 unspecified atom stereocenters. The summed E-state index contributed by atoms with van der Waals surface area (Å²) in [6, 6.07) is 0. The van der Waals surface area contributed by atoms with Crippen molar-refractivity contribution < 1.29 is 9.90 Å². The zero-order valence-corrected chi connectivity index (χ0v) is 6.68. The highest BCUT2D eigenvalue weighted by atomic mass is 16.4. The molecule has 0 aromatic heterocycles. The number of hydrogen-bond acceptors (Lipinski definition) is 1. The summed E-state index contributed by atoms with van der Waals surface area (Å²) in [4.78, 5) is 10.6. The van der Waals surface area contributed by atoms with E-state index in [0.29, 0.717) is 0 Å². The molecule has 2 saturated carbocycles. The molecule has 0 radical (unpaired) electrons. The van der Waals surface area contributed by atoms with Gasteiger partial charge < -0.3 is 5.11 Å². The van der Waals surface area contributed by atoms with Crippen molar-refractivity contribution in [3.8, 4) is 0 Å². The van der Waals surface area contributed by atoms with Crippen LogP contribution in [0.5, 0.6) is 0 Å². The Bertz CT molecular complexity index is 180.